The zero-order valence-corrected chi connectivity index (χ0v) is 7.81. The van der Waals surface area contributed by atoms with Gasteiger partial charge in [0.25, 0.3) is 0 Å². The largest absolute Gasteiger partial charge is 0.393 e. The van der Waals surface area contributed by atoms with Crippen LogP contribution in [0, 0.1) is 11.3 Å². The van der Waals surface area contributed by atoms with Crippen molar-refractivity contribution < 1.29 is 5.11 Å². The van der Waals surface area contributed by atoms with Crippen molar-refractivity contribution in [1.82, 2.24) is 0 Å². The first-order valence-corrected chi connectivity index (χ1v) is 4.02. The molecule has 2 atom stereocenters. The quantitative estimate of drug-likeness (QED) is 0.631. The lowest BCUT2D eigenvalue weighted by Crippen LogP contribution is -2.21. The number of hydrogen-bond donors (Lipinski definition) is 1. The molecule has 0 aromatic carbocycles. The van der Waals surface area contributed by atoms with Gasteiger partial charge in [0.1, 0.15) is 0 Å². The highest BCUT2D eigenvalue weighted by molar-refractivity contribution is 4.71. The molecule has 0 aliphatic carbocycles. The third-order valence-corrected chi connectivity index (χ3v) is 2.17. The SMILES string of the molecule is CC(O)C[C@H](C)C(C)(C)C. The summed E-state index contributed by atoms with van der Waals surface area (Å²) in [6, 6.07) is 0. The van der Waals surface area contributed by atoms with E-state index in [1.165, 1.54) is 0 Å². The van der Waals surface area contributed by atoms with Crippen molar-refractivity contribution in [3.8, 4) is 0 Å². The maximum absolute atomic E-state index is 9.09. The minimum atomic E-state index is -0.158. The van der Waals surface area contributed by atoms with Crippen LogP contribution in [0.5, 0.6) is 0 Å². The molecule has 0 fully saturated rings. The Balaban J connectivity index is 3.73. The minimum Gasteiger partial charge on any atom is -0.393 e. The van der Waals surface area contributed by atoms with Crippen LogP contribution in [0.3, 0.4) is 0 Å². The van der Waals surface area contributed by atoms with Gasteiger partial charge in [0.05, 0.1) is 6.10 Å². The van der Waals surface area contributed by atoms with Gasteiger partial charge < -0.3 is 5.11 Å². The first kappa shape index (κ1) is 9.96. The lowest BCUT2D eigenvalue weighted by atomic mass is 9.79. The molecule has 1 nitrogen and oxygen atoms in total. The summed E-state index contributed by atoms with van der Waals surface area (Å²) in [7, 11) is 0. The number of aliphatic hydroxyl groups is 1. The van der Waals surface area contributed by atoms with Crippen molar-refractivity contribution in [3.63, 3.8) is 0 Å². The summed E-state index contributed by atoms with van der Waals surface area (Å²) >= 11 is 0. The Hall–Kier alpha value is -0.0400. The van der Waals surface area contributed by atoms with Crippen molar-refractivity contribution in [2.75, 3.05) is 0 Å². The van der Waals surface area contributed by atoms with E-state index in [1.807, 2.05) is 6.92 Å². The molecule has 0 aromatic rings. The molecular formula is C9H20O. The normalized spacial score (nSPS) is 18.6. The Morgan fingerprint density at radius 1 is 1.20 bits per heavy atom. The van der Waals surface area contributed by atoms with Gasteiger partial charge in [-0.2, -0.15) is 0 Å². The second-order valence-electron chi connectivity index (χ2n) is 4.35. The molecule has 0 saturated carbocycles. The summed E-state index contributed by atoms with van der Waals surface area (Å²) < 4.78 is 0. The molecule has 0 aromatic heterocycles. The fraction of sp³-hybridized carbons (Fsp3) is 1.00. The Kier molecular flexibility index (Phi) is 3.37. The number of rotatable bonds is 2. The third-order valence-electron chi connectivity index (χ3n) is 2.17. The highest BCUT2D eigenvalue weighted by Gasteiger charge is 2.20. The van der Waals surface area contributed by atoms with Crippen LogP contribution in [-0.2, 0) is 0 Å². The standard InChI is InChI=1S/C9H20O/c1-7(6-8(2)10)9(3,4)5/h7-8,10H,6H2,1-5H3/t7-,8?/m0/s1. The van der Waals surface area contributed by atoms with Gasteiger partial charge in [0, 0.05) is 0 Å². The molecule has 62 valence electrons. The van der Waals surface area contributed by atoms with Crippen LogP contribution in [0.1, 0.15) is 41.0 Å². The molecule has 1 heteroatoms. The van der Waals surface area contributed by atoms with Gasteiger partial charge in [0.15, 0.2) is 0 Å². The molecule has 0 heterocycles. The summed E-state index contributed by atoms with van der Waals surface area (Å²) in [6.07, 6.45) is 0.748. The smallest absolute Gasteiger partial charge is 0.0514 e. The summed E-state index contributed by atoms with van der Waals surface area (Å²) in [5, 5.41) is 9.09. The Labute approximate surface area is 64.5 Å². The van der Waals surface area contributed by atoms with Crippen molar-refractivity contribution in [2.24, 2.45) is 11.3 Å². The van der Waals surface area contributed by atoms with Crippen LogP contribution in [0.4, 0.5) is 0 Å². The minimum absolute atomic E-state index is 0.158. The predicted octanol–water partition coefficient (Wildman–Crippen LogP) is 2.44. The van der Waals surface area contributed by atoms with E-state index in [0.29, 0.717) is 11.3 Å². The van der Waals surface area contributed by atoms with Crippen molar-refractivity contribution in [2.45, 2.75) is 47.1 Å². The molecule has 0 rings (SSSR count). The van der Waals surface area contributed by atoms with Crippen molar-refractivity contribution in [3.05, 3.63) is 0 Å². The number of hydrogen-bond acceptors (Lipinski definition) is 1. The number of aliphatic hydroxyl groups excluding tert-OH is 1. The van der Waals surface area contributed by atoms with Crippen LogP contribution < -0.4 is 0 Å². The molecule has 0 aliphatic rings. The highest BCUT2D eigenvalue weighted by atomic mass is 16.3. The lowest BCUT2D eigenvalue weighted by molar-refractivity contribution is 0.124. The van der Waals surface area contributed by atoms with Crippen LogP contribution in [0.25, 0.3) is 0 Å². The van der Waals surface area contributed by atoms with E-state index in [-0.39, 0.29) is 6.10 Å². The molecule has 0 spiro atoms. The molecule has 0 saturated heterocycles. The summed E-state index contributed by atoms with van der Waals surface area (Å²) in [6.45, 7) is 10.7. The molecule has 1 N–H and O–H groups in total. The van der Waals surface area contributed by atoms with Crippen molar-refractivity contribution in [1.29, 1.82) is 0 Å². The Morgan fingerprint density at radius 2 is 1.60 bits per heavy atom. The lowest BCUT2D eigenvalue weighted by Gasteiger charge is -2.28. The summed E-state index contributed by atoms with van der Waals surface area (Å²) in [5.74, 6) is 0.590. The van der Waals surface area contributed by atoms with Crippen LogP contribution >= 0.6 is 0 Å². The fourth-order valence-electron chi connectivity index (χ4n) is 0.865. The fourth-order valence-corrected chi connectivity index (χ4v) is 0.865. The highest BCUT2D eigenvalue weighted by Crippen LogP contribution is 2.28. The molecule has 0 bridgehead atoms. The van der Waals surface area contributed by atoms with E-state index in [0.717, 1.165) is 6.42 Å². The zero-order valence-electron chi connectivity index (χ0n) is 7.81. The van der Waals surface area contributed by atoms with Crippen LogP contribution in [-0.4, -0.2) is 11.2 Å². The maximum atomic E-state index is 9.09. The van der Waals surface area contributed by atoms with Gasteiger partial charge in [0.2, 0.25) is 0 Å². The van der Waals surface area contributed by atoms with Crippen LogP contribution in [0.2, 0.25) is 0 Å². The topological polar surface area (TPSA) is 20.2 Å². The van der Waals surface area contributed by atoms with E-state index in [1.54, 1.807) is 0 Å². The van der Waals surface area contributed by atoms with Crippen LogP contribution in [0.15, 0.2) is 0 Å². The van der Waals surface area contributed by atoms with Gasteiger partial charge in [-0.15, -0.1) is 0 Å². The first-order valence-electron chi connectivity index (χ1n) is 4.02. The zero-order chi connectivity index (χ0) is 8.36. The molecular weight excluding hydrogens is 124 g/mol. The van der Waals surface area contributed by atoms with Gasteiger partial charge in [-0.1, -0.05) is 27.7 Å². The van der Waals surface area contributed by atoms with Gasteiger partial charge in [-0.05, 0) is 24.7 Å². The maximum Gasteiger partial charge on any atom is 0.0514 e. The monoisotopic (exact) mass is 144 g/mol. The van der Waals surface area contributed by atoms with Gasteiger partial charge in [-0.3, -0.25) is 0 Å². The van der Waals surface area contributed by atoms with Gasteiger partial charge >= 0.3 is 0 Å². The van der Waals surface area contributed by atoms with Crippen molar-refractivity contribution >= 4 is 0 Å². The second-order valence-corrected chi connectivity index (χ2v) is 4.35. The molecule has 1 unspecified atom stereocenters. The molecule has 10 heavy (non-hydrogen) atoms. The summed E-state index contributed by atoms with van der Waals surface area (Å²) in [5.41, 5.74) is 0.330. The predicted molar refractivity (Wildman–Crippen MR) is 44.9 cm³/mol. The van der Waals surface area contributed by atoms with E-state index in [9.17, 15) is 0 Å². The third kappa shape index (κ3) is 3.89. The second kappa shape index (κ2) is 3.38. The van der Waals surface area contributed by atoms with E-state index < -0.39 is 0 Å². The Morgan fingerprint density at radius 3 is 1.70 bits per heavy atom. The average molecular weight is 144 g/mol. The Bertz CT molecular complexity index is 89.4. The average Bonchev–Trinajstić information content (AvgIpc) is 1.60. The van der Waals surface area contributed by atoms with E-state index in [4.69, 9.17) is 5.11 Å². The first-order chi connectivity index (χ1) is 4.34. The van der Waals surface area contributed by atoms with Gasteiger partial charge in [-0.25, -0.2) is 0 Å². The van der Waals surface area contributed by atoms with E-state index in [2.05, 4.69) is 27.7 Å². The molecule has 0 radical (unpaired) electrons. The van der Waals surface area contributed by atoms with E-state index >= 15 is 0 Å². The molecule has 0 aliphatic heterocycles. The molecule has 0 amide bonds. The summed E-state index contributed by atoms with van der Waals surface area (Å²) in [4.78, 5) is 0.